The average molecular weight is 384 g/mol. The summed E-state index contributed by atoms with van der Waals surface area (Å²) in [5, 5.41) is 2.07. The second kappa shape index (κ2) is 8.24. The minimum Gasteiger partial charge on any atom is -0.496 e. The summed E-state index contributed by atoms with van der Waals surface area (Å²) < 4.78 is 57.3. The van der Waals surface area contributed by atoms with Gasteiger partial charge >= 0.3 is 0 Å². The van der Waals surface area contributed by atoms with Gasteiger partial charge in [-0.3, -0.25) is 4.79 Å². The van der Waals surface area contributed by atoms with Crippen LogP contribution < -0.4 is 10.1 Å². The highest BCUT2D eigenvalue weighted by molar-refractivity contribution is 7.88. The van der Waals surface area contributed by atoms with Gasteiger partial charge in [0.1, 0.15) is 23.1 Å². The molecule has 0 saturated carbocycles. The quantitative estimate of drug-likeness (QED) is 0.795. The summed E-state index contributed by atoms with van der Waals surface area (Å²) >= 11 is 0. The zero-order valence-corrected chi connectivity index (χ0v) is 15.0. The highest BCUT2D eigenvalue weighted by atomic mass is 32.2. The van der Waals surface area contributed by atoms with E-state index < -0.39 is 39.8 Å². The fourth-order valence-electron chi connectivity index (χ4n) is 2.27. The van der Waals surface area contributed by atoms with Crippen LogP contribution in [-0.4, -0.2) is 38.5 Å². The van der Waals surface area contributed by atoms with E-state index >= 15 is 0 Å². The minimum absolute atomic E-state index is 0.129. The van der Waals surface area contributed by atoms with Crippen molar-refractivity contribution in [3.8, 4) is 5.75 Å². The van der Waals surface area contributed by atoms with Crippen LogP contribution in [-0.2, 0) is 21.4 Å². The third-order valence-corrected chi connectivity index (χ3v) is 4.75. The summed E-state index contributed by atoms with van der Waals surface area (Å²) in [5.74, 6) is -2.31. The molecule has 1 amide bonds. The molecule has 0 aromatic heterocycles. The van der Waals surface area contributed by atoms with Crippen molar-refractivity contribution >= 4 is 21.6 Å². The van der Waals surface area contributed by atoms with Crippen LogP contribution in [0.3, 0.4) is 0 Å². The molecule has 0 heterocycles. The molecule has 0 atom stereocenters. The number of para-hydroxylation sites is 2. The molecule has 0 saturated heterocycles. The third-order valence-electron chi connectivity index (χ3n) is 3.56. The number of benzene rings is 2. The Labute approximate surface area is 150 Å². The zero-order chi connectivity index (χ0) is 19.3. The highest BCUT2D eigenvalue weighted by Crippen LogP contribution is 2.21. The van der Waals surface area contributed by atoms with Crippen LogP contribution in [0.1, 0.15) is 5.56 Å². The Balaban J connectivity index is 2.19. The van der Waals surface area contributed by atoms with Crippen LogP contribution >= 0.6 is 0 Å². The number of nitrogens with zero attached hydrogens (tertiary/aromatic N) is 1. The Morgan fingerprint density at radius 1 is 1.12 bits per heavy atom. The fraction of sp³-hybridized carbons (Fsp3) is 0.235. The molecule has 0 bridgehead atoms. The van der Waals surface area contributed by atoms with E-state index in [9.17, 15) is 22.0 Å². The van der Waals surface area contributed by atoms with Crippen molar-refractivity contribution in [1.29, 1.82) is 0 Å². The summed E-state index contributed by atoms with van der Waals surface area (Å²) in [6.45, 7) is -0.735. The molecule has 0 spiro atoms. The molecular weight excluding hydrogens is 366 g/mol. The number of hydrogen-bond donors (Lipinski definition) is 1. The van der Waals surface area contributed by atoms with Crippen molar-refractivity contribution in [3.05, 3.63) is 59.7 Å². The number of amides is 1. The molecular formula is C17H18F2N2O4S. The van der Waals surface area contributed by atoms with Crippen LogP contribution in [0, 0.1) is 11.6 Å². The average Bonchev–Trinajstić information content (AvgIpc) is 2.57. The molecule has 6 nitrogen and oxygen atoms in total. The zero-order valence-electron chi connectivity index (χ0n) is 14.2. The molecule has 1 N–H and O–H groups in total. The number of sulfonamides is 1. The normalized spacial score (nSPS) is 11.4. The van der Waals surface area contributed by atoms with Gasteiger partial charge < -0.3 is 10.1 Å². The molecule has 2 aromatic rings. The van der Waals surface area contributed by atoms with Gasteiger partial charge in [-0.1, -0.05) is 24.3 Å². The van der Waals surface area contributed by atoms with Gasteiger partial charge in [0.15, 0.2) is 0 Å². The maximum Gasteiger partial charge on any atom is 0.239 e. The topological polar surface area (TPSA) is 75.7 Å². The van der Waals surface area contributed by atoms with Gasteiger partial charge in [0.25, 0.3) is 0 Å². The molecule has 2 aromatic carbocycles. The summed E-state index contributed by atoms with van der Waals surface area (Å²) in [5.41, 5.74) is -0.0754. The first-order valence-electron chi connectivity index (χ1n) is 7.53. The summed E-state index contributed by atoms with van der Waals surface area (Å²) in [4.78, 5) is 12.1. The Morgan fingerprint density at radius 2 is 1.73 bits per heavy atom. The van der Waals surface area contributed by atoms with E-state index in [1.165, 1.54) is 7.11 Å². The second-order valence-electron chi connectivity index (χ2n) is 5.49. The van der Waals surface area contributed by atoms with Crippen molar-refractivity contribution in [1.82, 2.24) is 4.31 Å². The minimum atomic E-state index is -3.77. The molecule has 2 rings (SSSR count). The van der Waals surface area contributed by atoms with Crippen molar-refractivity contribution in [3.63, 3.8) is 0 Å². The van der Waals surface area contributed by atoms with Crippen LogP contribution in [0.4, 0.5) is 14.5 Å². The first kappa shape index (κ1) is 19.8. The van der Waals surface area contributed by atoms with Crippen LogP contribution in [0.25, 0.3) is 0 Å². The standard InChI is InChI=1S/C17H18F2N2O4S/c1-25-15-9-4-3-6-12(15)10-21(26(2,23)24)11-16(22)20-17-13(18)7-5-8-14(17)19/h3-9H,10-11H2,1-2H3,(H,20,22). The second-order valence-corrected chi connectivity index (χ2v) is 7.47. The van der Waals surface area contributed by atoms with Gasteiger partial charge in [0.2, 0.25) is 15.9 Å². The lowest BCUT2D eigenvalue weighted by atomic mass is 10.2. The maximum absolute atomic E-state index is 13.6. The highest BCUT2D eigenvalue weighted by Gasteiger charge is 2.23. The van der Waals surface area contributed by atoms with Crippen molar-refractivity contribution in [2.45, 2.75) is 6.54 Å². The lowest BCUT2D eigenvalue weighted by Crippen LogP contribution is -2.37. The molecule has 0 radical (unpaired) electrons. The molecule has 9 heteroatoms. The van der Waals surface area contributed by atoms with E-state index in [0.717, 1.165) is 28.8 Å². The van der Waals surface area contributed by atoms with E-state index in [4.69, 9.17) is 4.74 Å². The summed E-state index contributed by atoms with van der Waals surface area (Å²) in [6.07, 6.45) is 0.944. The number of ether oxygens (including phenoxy) is 1. The Hall–Kier alpha value is -2.52. The lowest BCUT2D eigenvalue weighted by molar-refractivity contribution is -0.116. The number of methoxy groups -OCH3 is 1. The van der Waals surface area contributed by atoms with Crippen molar-refractivity contribution in [2.24, 2.45) is 0 Å². The number of halogens is 2. The molecule has 0 fully saturated rings. The van der Waals surface area contributed by atoms with Gasteiger partial charge in [-0.05, 0) is 18.2 Å². The maximum atomic E-state index is 13.6. The molecule has 140 valence electrons. The van der Waals surface area contributed by atoms with E-state index in [1.807, 2.05) is 0 Å². The number of carbonyl (C=O) groups excluding carboxylic acids is 1. The molecule has 26 heavy (non-hydrogen) atoms. The van der Waals surface area contributed by atoms with E-state index in [1.54, 1.807) is 24.3 Å². The molecule has 0 unspecified atom stereocenters. The Bertz CT molecular complexity index is 883. The number of rotatable bonds is 7. The Kier molecular flexibility index (Phi) is 6.27. The van der Waals surface area contributed by atoms with Gasteiger partial charge in [-0.25, -0.2) is 17.2 Å². The number of carbonyl (C=O) groups is 1. The first-order chi connectivity index (χ1) is 12.2. The van der Waals surface area contributed by atoms with Gasteiger partial charge in [0, 0.05) is 12.1 Å². The summed E-state index contributed by atoms with van der Waals surface area (Å²) in [7, 11) is -2.32. The number of hydrogen-bond acceptors (Lipinski definition) is 4. The molecule has 0 aliphatic heterocycles. The monoisotopic (exact) mass is 384 g/mol. The van der Waals surface area contributed by atoms with Crippen LogP contribution in [0.15, 0.2) is 42.5 Å². The number of nitrogens with one attached hydrogen (secondary N) is 1. The van der Waals surface area contributed by atoms with Gasteiger partial charge in [0.05, 0.1) is 19.9 Å². The predicted molar refractivity (Wildman–Crippen MR) is 93.2 cm³/mol. The van der Waals surface area contributed by atoms with E-state index in [0.29, 0.717) is 11.3 Å². The first-order valence-corrected chi connectivity index (χ1v) is 9.38. The fourth-order valence-corrected chi connectivity index (χ4v) is 3.00. The van der Waals surface area contributed by atoms with Crippen LogP contribution in [0.2, 0.25) is 0 Å². The van der Waals surface area contributed by atoms with Gasteiger partial charge in [-0.2, -0.15) is 4.31 Å². The van der Waals surface area contributed by atoms with Crippen molar-refractivity contribution in [2.75, 3.05) is 25.2 Å². The Morgan fingerprint density at radius 3 is 2.31 bits per heavy atom. The molecule has 0 aliphatic rings. The number of anilines is 1. The van der Waals surface area contributed by atoms with E-state index in [-0.39, 0.29) is 6.54 Å². The van der Waals surface area contributed by atoms with Gasteiger partial charge in [-0.15, -0.1) is 0 Å². The lowest BCUT2D eigenvalue weighted by Gasteiger charge is -2.21. The predicted octanol–water partition coefficient (Wildman–Crippen LogP) is 2.37. The van der Waals surface area contributed by atoms with Crippen molar-refractivity contribution < 1.29 is 26.7 Å². The summed E-state index contributed by atoms with van der Waals surface area (Å²) in [6, 6.07) is 9.87. The largest absolute Gasteiger partial charge is 0.496 e. The SMILES string of the molecule is COc1ccccc1CN(CC(=O)Nc1c(F)cccc1F)S(C)(=O)=O. The smallest absolute Gasteiger partial charge is 0.239 e. The third kappa shape index (κ3) is 4.99. The molecule has 0 aliphatic carbocycles. The van der Waals surface area contributed by atoms with Crippen LogP contribution in [0.5, 0.6) is 5.75 Å². The van der Waals surface area contributed by atoms with E-state index in [2.05, 4.69) is 5.32 Å².